The van der Waals surface area contributed by atoms with Crippen LogP contribution in [0.4, 0.5) is 5.69 Å². The van der Waals surface area contributed by atoms with E-state index in [1.165, 1.54) is 12.5 Å². The van der Waals surface area contributed by atoms with Gasteiger partial charge in [-0.15, -0.1) is 0 Å². The second kappa shape index (κ2) is 4.59. The Labute approximate surface area is 92.2 Å². The Hall–Kier alpha value is -2.14. The van der Waals surface area contributed by atoms with Crippen LogP contribution in [-0.2, 0) is 4.79 Å². The number of anilines is 1. The van der Waals surface area contributed by atoms with Gasteiger partial charge in [-0.1, -0.05) is 35.5 Å². The van der Waals surface area contributed by atoms with Crippen molar-refractivity contribution < 1.29 is 9.32 Å². The predicted molar refractivity (Wildman–Crippen MR) is 58.5 cm³/mol. The van der Waals surface area contributed by atoms with Crippen LogP contribution >= 0.6 is 0 Å². The van der Waals surface area contributed by atoms with Crippen molar-refractivity contribution in [2.75, 3.05) is 5.32 Å². The lowest BCUT2D eigenvalue weighted by atomic mass is 10.1. The molecule has 1 aromatic heterocycles. The van der Waals surface area contributed by atoms with Crippen LogP contribution in [-0.4, -0.2) is 11.1 Å². The van der Waals surface area contributed by atoms with E-state index in [0.29, 0.717) is 5.69 Å². The number of nitrogens with two attached hydrogens (primary N) is 1. The van der Waals surface area contributed by atoms with Crippen LogP contribution in [0.5, 0.6) is 0 Å². The van der Waals surface area contributed by atoms with Gasteiger partial charge >= 0.3 is 0 Å². The number of aromatic nitrogens is 1. The summed E-state index contributed by atoms with van der Waals surface area (Å²) in [5.41, 5.74) is 7.05. The zero-order valence-corrected chi connectivity index (χ0v) is 8.46. The number of hydrogen-bond acceptors (Lipinski definition) is 4. The molecule has 1 amide bonds. The van der Waals surface area contributed by atoms with Crippen molar-refractivity contribution in [1.82, 2.24) is 5.16 Å². The Morgan fingerprint density at radius 2 is 2.12 bits per heavy atom. The number of hydrogen-bond donors (Lipinski definition) is 2. The molecule has 5 heteroatoms. The fourth-order valence-corrected chi connectivity index (χ4v) is 1.30. The van der Waals surface area contributed by atoms with Crippen LogP contribution in [0, 0.1) is 0 Å². The summed E-state index contributed by atoms with van der Waals surface area (Å²) in [4.78, 5) is 11.7. The number of amides is 1. The number of nitrogens with one attached hydrogen (secondary N) is 1. The first-order chi connectivity index (χ1) is 7.77. The maximum atomic E-state index is 11.7. The number of carbonyl (C=O) groups is 1. The lowest BCUT2D eigenvalue weighted by Crippen LogP contribution is -2.27. The molecule has 0 unspecified atom stereocenters. The summed E-state index contributed by atoms with van der Waals surface area (Å²) < 4.78 is 4.60. The number of rotatable bonds is 3. The molecule has 16 heavy (non-hydrogen) atoms. The first-order valence-corrected chi connectivity index (χ1v) is 4.78. The number of nitrogens with zero attached hydrogens (tertiary/aromatic N) is 1. The van der Waals surface area contributed by atoms with Gasteiger partial charge in [-0.25, -0.2) is 0 Å². The van der Waals surface area contributed by atoms with Gasteiger partial charge in [-0.05, 0) is 5.56 Å². The SMILES string of the molecule is N[C@H](C(=O)Nc1cnoc1)c1ccccc1. The van der Waals surface area contributed by atoms with Crippen molar-refractivity contribution >= 4 is 11.6 Å². The van der Waals surface area contributed by atoms with Gasteiger partial charge in [0.1, 0.15) is 18.0 Å². The smallest absolute Gasteiger partial charge is 0.246 e. The zero-order chi connectivity index (χ0) is 11.4. The summed E-state index contributed by atoms with van der Waals surface area (Å²) in [6.07, 6.45) is 2.76. The first-order valence-electron chi connectivity index (χ1n) is 4.78. The van der Waals surface area contributed by atoms with Crippen LogP contribution in [0.3, 0.4) is 0 Å². The van der Waals surface area contributed by atoms with Crippen LogP contribution in [0.2, 0.25) is 0 Å². The molecule has 0 aliphatic rings. The summed E-state index contributed by atoms with van der Waals surface area (Å²) in [5.74, 6) is -0.297. The maximum Gasteiger partial charge on any atom is 0.246 e. The molecule has 1 heterocycles. The second-order valence-corrected chi connectivity index (χ2v) is 3.29. The van der Waals surface area contributed by atoms with Crippen molar-refractivity contribution in [3.8, 4) is 0 Å². The van der Waals surface area contributed by atoms with Gasteiger partial charge in [-0.2, -0.15) is 0 Å². The molecule has 0 aliphatic heterocycles. The van der Waals surface area contributed by atoms with Crippen LogP contribution < -0.4 is 11.1 Å². The molecule has 0 saturated carbocycles. The Kier molecular flexibility index (Phi) is 2.98. The van der Waals surface area contributed by atoms with E-state index in [4.69, 9.17) is 5.73 Å². The molecule has 2 aromatic rings. The summed E-state index contributed by atoms with van der Waals surface area (Å²) in [6.45, 7) is 0. The zero-order valence-electron chi connectivity index (χ0n) is 8.46. The first kappa shape index (κ1) is 10.4. The Balaban J connectivity index is 2.05. The van der Waals surface area contributed by atoms with E-state index in [1.807, 2.05) is 18.2 Å². The van der Waals surface area contributed by atoms with Crippen molar-refractivity contribution in [1.29, 1.82) is 0 Å². The van der Waals surface area contributed by atoms with E-state index in [9.17, 15) is 4.79 Å². The van der Waals surface area contributed by atoms with E-state index >= 15 is 0 Å². The lowest BCUT2D eigenvalue weighted by molar-refractivity contribution is -0.117. The molecule has 0 spiro atoms. The van der Waals surface area contributed by atoms with Gasteiger partial charge in [0.15, 0.2) is 0 Å². The molecule has 0 fully saturated rings. The predicted octanol–water partition coefficient (Wildman–Crippen LogP) is 1.31. The van der Waals surface area contributed by atoms with Gasteiger partial charge in [0.25, 0.3) is 0 Å². The van der Waals surface area contributed by atoms with E-state index in [2.05, 4.69) is 15.0 Å². The van der Waals surface area contributed by atoms with Gasteiger partial charge in [0.05, 0.1) is 6.20 Å². The highest BCUT2D eigenvalue weighted by molar-refractivity contribution is 5.95. The van der Waals surface area contributed by atoms with Crippen molar-refractivity contribution in [3.63, 3.8) is 0 Å². The minimum Gasteiger partial charge on any atom is -0.363 e. The standard InChI is InChI=1S/C11H11N3O2/c12-10(8-4-2-1-3-5-8)11(15)14-9-6-13-16-7-9/h1-7,10H,12H2,(H,14,15)/t10-/m0/s1. The molecule has 2 rings (SSSR count). The minimum absolute atomic E-state index is 0.297. The molecule has 0 saturated heterocycles. The molecule has 1 atom stereocenters. The van der Waals surface area contributed by atoms with Crippen molar-refractivity contribution in [2.24, 2.45) is 5.73 Å². The van der Waals surface area contributed by atoms with Crippen LogP contribution in [0.25, 0.3) is 0 Å². The Morgan fingerprint density at radius 1 is 1.38 bits per heavy atom. The van der Waals surface area contributed by atoms with Gasteiger partial charge in [0.2, 0.25) is 5.91 Å². The molecule has 5 nitrogen and oxygen atoms in total. The molecular weight excluding hydrogens is 206 g/mol. The topological polar surface area (TPSA) is 81.2 Å². The van der Waals surface area contributed by atoms with E-state index < -0.39 is 6.04 Å². The summed E-state index contributed by atoms with van der Waals surface area (Å²) in [7, 11) is 0. The third kappa shape index (κ3) is 2.26. The largest absolute Gasteiger partial charge is 0.363 e. The van der Waals surface area contributed by atoms with Crippen molar-refractivity contribution in [3.05, 3.63) is 48.4 Å². The van der Waals surface area contributed by atoms with Gasteiger partial charge in [0, 0.05) is 0 Å². The summed E-state index contributed by atoms with van der Waals surface area (Å²) >= 11 is 0. The van der Waals surface area contributed by atoms with E-state index in [0.717, 1.165) is 5.56 Å². The van der Waals surface area contributed by atoms with E-state index in [-0.39, 0.29) is 5.91 Å². The average molecular weight is 217 g/mol. The molecule has 82 valence electrons. The van der Waals surface area contributed by atoms with Crippen LogP contribution in [0.15, 0.2) is 47.3 Å². The average Bonchev–Trinajstić information content (AvgIpc) is 2.82. The highest BCUT2D eigenvalue weighted by atomic mass is 16.5. The fraction of sp³-hybridized carbons (Fsp3) is 0.0909. The Morgan fingerprint density at radius 3 is 2.75 bits per heavy atom. The van der Waals surface area contributed by atoms with Gasteiger partial charge < -0.3 is 15.6 Å². The third-order valence-electron chi connectivity index (χ3n) is 2.14. The molecule has 0 aliphatic carbocycles. The number of benzene rings is 1. The molecule has 0 radical (unpaired) electrons. The monoisotopic (exact) mass is 217 g/mol. The number of carbonyl (C=O) groups excluding carboxylic acids is 1. The summed E-state index contributed by atoms with van der Waals surface area (Å²) in [6, 6.07) is 8.45. The quantitative estimate of drug-likeness (QED) is 0.812. The molecule has 0 bridgehead atoms. The van der Waals surface area contributed by atoms with Gasteiger partial charge in [-0.3, -0.25) is 4.79 Å². The normalized spacial score (nSPS) is 12.1. The van der Waals surface area contributed by atoms with Crippen molar-refractivity contribution in [2.45, 2.75) is 6.04 Å². The third-order valence-corrected chi connectivity index (χ3v) is 2.14. The summed E-state index contributed by atoms with van der Waals surface area (Å²) in [5, 5.41) is 6.08. The molecular formula is C11H11N3O2. The van der Waals surface area contributed by atoms with E-state index in [1.54, 1.807) is 12.1 Å². The van der Waals surface area contributed by atoms with Crippen LogP contribution in [0.1, 0.15) is 11.6 Å². The Bertz CT molecular complexity index is 453. The fourth-order valence-electron chi connectivity index (χ4n) is 1.30. The minimum atomic E-state index is -0.698. The highest BCUT2D eigenvalue weighted by Crippen LogP contribution is 2.12. The highest BCUT2D eigenvalue weighted by Gasteiger charge is 2.15. The second-order valence-electron chi connectivity index (χ2n) is 3.29. The molecule has 3 N–H and O–H groups in total. The lowest BCUT2D eigenvalue weighted by Gasteiger charge is -2.10. The maximum absolute atomic E-state index is 11.7. The molecule has 1 aromatic carbocycles.